The molecular weight excluding hydrogens is 318 g/mol. The first kappa shape index (κ1) is 23.2. The summed E-state index contributed by atoms with van der Waals surface area (Å²) in [5, 5.41) is 0. The Bertz CT molecular complexity index is 259. The Morgan fingerprint density at radius 2 is 0.958 bits per heavy atom. The molecule has 144 valence electrons. The van der Waals surface area contributed by atoms with E-state index in [1.807, 2.05) is 0 Å². The van der Waals surface area contributed by atoms with Crippen LogP contribution in [-0.4, -0.2) is 104 Å². The monoisotopic (exact) mass is 351 g/mol. The molecule has 0 unspecified atom stereocenters. The molecule has 0 aliphatic heterocycles. The van der Waals surface area contributed by atoms with Gasteiger partial charge in [-0.05, 0) is 0 Å². The highest BCUT2D eigenvalue weighted by Crippen LogP contribution is 1.92. The lowest BCUT2D eigenvalue weighted by atomic mass is 10.4. The zero-order valence-corrected chi connectivity index (χ0v) is 15.3. The Morgan fingerprint density at radius 1 is 0.625 bits per heavy atom. The van der Waals surface area contributed by atoms with E-state index in [2.05, 4.69) is 0 Å². The molecule has 0 rings (SSSR count). The van der Waals surface area contributed by atoms with Crippen LogP contribution in [0.1, 0.15) is 6.92 Å². The standard InChI is InChI=1S/C16H33NO7/c1-16(18)17(4-6-21-12-14-23-10-8-19-2)5-7-22-13-15-24-11-9-20-3/h4-15H2,1-3H3. The van der Waals surface area contributed by atoms with E-state index in [1.54, 1.807) is 26.0 Å². The molecule has 0 heterocycles. The van der Waals surface area contributed by atoms with Gasteiger partial charge in [0, 0.05) is 34.2 Å². The van der Waals surface area contributed by atoms with E-state index in [9.17, 15) is 4.79 Å². The number of rotatable bonds is 18. The smallest absolute Gasteiger partial charge is 0.219 e. The lowest BCUT2D eigenvalue weighted by Crippen LogP contribution is -2.35. The van der Waals surface area contributed by atoms with Crippen molar-refractivity contribution in [2.24, 2.45) is 0 Å². The second-order valence-electron chi connectivity index (χ2n) is 4.94. The second kappa shape index (κ2) is 18.6. The zero-order chi connectivity index (χ0) is 17.9. The van der Waals surface area contributed by atoms with E-state index in [4.69, 9.17) is 28.4 Å². The maximum absolute atomic E-state index is 11.6. The summed E-state index contributed by atoms with van der Waals surface area (Å²) in [6.45, 7) is 7.92. The third-order valence-electron chi connectivity index (χ3n) is 3.06. The summed E-state index contributed by atoms with van der Waals surface area (Å²) >= 11 is 0. The van der Waals surface area contributed by atoms with Crippen LogP contribution < -0.4 is 0 Å². The fourth-order valence-electron chi connectivity index (χ4n) is 1.70. The first-order valence-electron chi connectivity index (χ1n) is 8.26. The molecule has 0 fully saturated rings. The van der Waals surface area contributed by atoms with Gasteiger partial charge in [-0.3, -0.25) is 4.79 Å². The van der Waals surface area contributed by atoms with Crippen LogP contribution in [0, 0.1) is 0 Å². The van der Waals surface area contributed by atoms with Gasteiger partial charge in [-0.1, -0.05) is 0 Å². The van der Waals surface area contributed by atoms with Gasteiger partial charge < -0.3 is 33.3 Å². The molecule has 8 heteroatoms. The summed E-state index contributed by atoms with van der Waals surface area (Å²) < 4.78 is 31.2. The topological polar surface area (TPSA) is 75.7 Å². The summed E-state index contributed by atoms with van der Waals surface area (Å²) in [6, 6.07) is 0. The highest BCUT2D eigenvalue weighted by atomic mass is 16.5. The fourth-order valence-corrected chi connectivity index (χ4v) is 1.70. The summed E-state index contributed by atoms with van der Waals surface area (Å²) in [5.41, 5.74) is 0. The van der Waals surface area contributed by atoms with Crippen molar-refractivity contribution in [3.63, 3.8) is 0 Å². The zero-order valence-electron chi connectivity index (χ0n) is 15.3. The van der Waals surface area contributed by atoms with Crippen molar-refractivity contribution in [2.45, 2.75) is 6.92 Å². The van der Waals surface area contributed by atoms with E-state index < -0.39 is 0 Å². The summed E-state index contributed by atoms with van der Waals surface area (Å²) in [4.78, 5) is 13.3. The Kier molecular flexibility index (Phi) is 18.0. The predicted octanol–water partition coefficient (Wildman–Crippen LogP) is 0.194. The quantitative estimate of drug-likeness (QED) is 0.326. The highest BCUT2D eigenvalue weighted by Gasteiger charge is 2.08. The van der Waals surface area contributed by atoms with E-state index in [0.29, 0.717) is 79.2 Å². The fraction of sp³-hybridized carbons (Fsp3) is 0.938. The van der Waals surface area contributed by atoms with Crippen molar-refractivity contribution in [1.82, 2.24) is 4.90 Å². The first-order valence-corrected chi connectivity index (χ1v) is 8.26. The molecule has 0 aromatic heterocycles. The van der Waals surface area contributed by atoms with Gasteiger partial charge in [0.1, 0.15) is 0 Å². The number of hydrogen-bond donors (Lipinski definition) is 0. The largest absolute Gasteiger partial charge is 0.382 e. The van der Waals surface area contributed by atoms with Gasteiger partial charge in [-0.15, -0.1) is 0 Å². The SMILES string of the molecule is COCCOCCOCCN(CCOCCOCCOC)C(C)=O. The molecule has 0 radical (unpaired) electrons. The number of carbonyl (C=O) groups is 1. The molecule has 0 saturated carbocycles. The minimum atomic E-state index is 0.00916. The molecular formula is C16H33NO7. The Morgan fingerprint density at radius 3 is 1.29 bits per heavy atom. The molecule has 0 atom stereocenters. The summed E-state index contributed by atoms with van der Waals surface area (Å²) in [7, 11) is 3.27. The van der Waals surface area contributed by atoms with Gasteiger partial charge in [0.2, 0.25) is 5.91 Å². The van der Waals surface area contributed by atoms with Crippen LogP contribution >= 0.6 is 0 Å². The number of amides is 1. The van der Waals surface area contributed by atoms with Gasteiger partial charge in [-0.2, -0.15) is 0 Å². The normalized spacial score (nSPS) is 11.0. The van der Waals surface area contributed by atoms with Crippen LogP contribution in [0.15, 0.2) is 0 Å². The van der Waals surface area contributed by atoms with Crippen molar-refractivity contribution in [2.75, 3.05) is 93.4 Å². The number of nitrogens with zero attached hydrogens (tertiary/aromatic N) is 1. The third-order valence-corrected chi connectivity index (χ3v) is 3.06. The van der Waals surface area contributed by atoms with Crippen LogP contribution in [0.2, 0.25) is 0 Å². The van der Waals surface area contributed by atoms with Gasteiger partial charge in [0.05, 0.1) is 66.1 Å². The molecule has 0 spiro atoms. The molecule has 0 bridgehead atoms. The Balaban J connectivity index is 3.49. The lowest BCUT2D eigenvalue weighted by molar-refractivity contribution is -0.130. The number of carbonyl (C=O) groups excluding carboxylic acids is 1. The predicted molar refractivity (Wildman–Crippen MR) is 89.3 cm³/mol. The van der Waals surface area contributed by atoms with Gasteiger partial charge >= 0.3 is 0 Å². The van der Waals surface area contributed by atoms with E-state index in [1.165, 1.54) is 0 Å². The van der Waals surface area contributed by atoms with Crippen LogP contribution in [0.5, 0.6) is 0 Å². The average molecular weight is 351 g/mol. The molecule has 1 amide bonds. The molecule has 0 aliphatic carbocycles. The minimum Gasteiger partial charge on any atom is -0.382 e. The highest BCUT2D eigenvalue weighted by molar-refractivity contribution is 5.73. The second-order valence-corrected chi connectivity index (χ2v) is 4.94. The number of hydrogen-bond acceptors (Lipinski definition) is 7. The van der Waals surface area contributed by atoms with Crippen molar-refractivity contribution >= 4 is 5.91 Å². The number of methoxy groups -OCH3 is 2. The van der Waals surface area contributed by atoms with Crippen molar-refractivity contribution in [3.05, 3.63) is 0 Å². The van der Waals surface area contributed by atoms with Gasteiger partial charge in [-0.25, -0.2) is 0 Å². The lowest BCUT2D eigenvalue weighted by Gasteiger charge is -2.21. The van der Waals surface area contributed by atoms with Crippen LogP contribution in [0.4, 0.5) is 0 Å². The number of ether oxygens (including phenoxy) is 6. The van der Waals surface area contributed by atoms with Crippen LogP contribution in [0.3, 0.4) is 0 Å². The third kappa shape index (κ3) is 16.1. The molecule has 0 aromatic carbocycles. The Labute approximate surface area is 145 Å². The van der Waals surface area contributed by atoms with E-state index in [0.717, 1.165) is 0 Å². The van der Waals surface area contributed by atoms with E-state index in [-0.39, 0.29) is 5.91 Å². The average Bonchev–Trinajstić information content (AvgIpc) is 2.57. The summed E-state index contributed by atoms with van der Waals surface area (Å²) in [5.74, 6) is 0.00916. The molecule has 0 aliphatic rings. The van der Waals surface area contributed by atoms with Crippen molar-refractivity contribution in [1.29, 1.82) is 0 Å². The van der Waals surface area contributed by atoms with Gasteiger partial charge in [0.25, 0.3) is 0 Å². The molecule has 0 N–H and O–H groups in total. The maximum Gasteiger partial charge on any atom is 0.219 e. The van der Waals surface area contributed by atoms with Crippen molar-refractivity contribution < 1.29 is 33.2 Å². The van der Waals surface area contributed by atoms with Crippen molar-refractivity contribution in [3.8, 4) is 0 Å². The summed E-state index contributed by atoms with van der Waals surface area (Å²) in [6.07, 6.45) is 0. The molecule has 0 saturated heterocycles. The maximum atomic E-state index is 11.6. The molecule has 8 nitrogen and oxygen atoms in total. The first-order chi connectivity index (χ1) is 11.7. The van der Waals surface area contributed by atoms with Crippen LogP contribution in [-0.2, 0) is 33.2 Å². The Hall–Kier alpha value is -0.770. The minimum absolute atomic E-state index is 0.00916. The van der Waals surface area contributed by atoms with Gasteiger partial charge in [0.15, 0.2) is 0 Å². The molecule has 24 heavy (non-hydrogen) atoms. The van der Waals surface area contributed by atoms with E-state index >= 15 is 0 Å². The molecule has 0 aromatic rings. The van der Waals surface area contributed by atoms with Crippen LogP contribution in [0.25, 0.3) is 0 Å².